The van der Waals surface area contributed by atoms with Crippen molar-refractivity contribution in [2.45, 2.75) is 18.7 Å². The van der Waals surface area contributed by atoms with Crippen molar-refractivity contribution in [3.05, 3.63) is 92.4 Å². The van der Waals surface area contributed by atoms with E-state index in [2.05, 4.69) is 26.5 Å². The molecule has 0 saturated carbocycles. The van der Waals surface area contributed by atoms with Gasteiger partial charge in [0.05, 0.1) is 32.8 Å². The van der Waals surface area contributed by atoms with Gasteiger partial charge in [0.15, 0.2) is 0 Å². The average molecular weight is 575 g/mol. The van der Waals surface area contributed by atoms with Crippen LogP contribution in [0.2, 0.25) is 0 Å². The number of anilines is 1. The van der Waals surface area contributed by atoms with E-state index >= 15 is 0 Å². The molecule has 0 aliphatic heterocycles. The number of hydrazone groups is 1. The summed E-state index contributed by atoms with van der Waals surface area (Å²) in [6.07, 6.45) is 0. The number of methoxy groups -OCH3 is 1. The molecule has 0 aliphatic rings. The van der Waals surface area contributed by atoms with E-state index in [9.17, 15) is 23.3 Å². The third kappa shape index (κ3) is 6.26. The van der Waals surface area contributed by atoms with Gasteiger partial charge in [0.1, 0.15) is 12.3 Å². The zero-order valence-corrected chi connectivity index (χ0v) is 22.0. The van der Waals surface area contributed by atoms with Crippen molar-refractivity contribution in [2.24, 2.45) is 5.10 Å². The van der Waals surface area contributed by atoms with Crippen molar-refractivity contribution < 1.29 is 22.9 Å². The number of rotatable bonds is 9. The molecule has 0 spiro atoms. The van der Waals surface area contributed by atoms with Gasteiger partial charge in [0, 0.05) is 17.7 Å². The highest BCUT2D eigenvalue weighted by atomic mass is 79.9. The number of carbonyl (C=O) groups excluding carboxylic acids is 1. The lowest BCUT2D eigenvalue weighted by atomic mass is 10.1. The number of nitrogens with one attached hydrogen (secondary N) is 1. The van der Waals surface area contributed by atoms with E-state index in [1.807, 2.05) is 6.92 Å². The number of aryl methyl sites for hydroxylation is 1. The van der Waals surface area contributed by atoms with Gasteiger partial charge in [-0.05, 0) is 60.1 Å². The number of benzene rings is 3. The SMILES string of the molecule is COc1ccc(S(=O)(=O)N(CC(=O)N/N=C(/C)c2cccc([N+](=O)[O-])c2)c2ccc(C)cc2)cc1Br. The third-order valence-corrected chi connectivity index (χ3v) is 7.53. The van der Waals surface area contributed by atoms with Crippen LogP contribution in [-0.4, -0.2) is 38.6 Å². The number of nitro benzene ring substituents is 1. The predicted octanol–water partition coefficient (Wildman–Crippen LogP) is 4.41. The lowest BCUT2D eigenvalue weighted by Gasteiger charge is -2.24. The second kappa shape index (κ2) is 11.3. The van der Waals surface area contributed by atoms with Gasteiger partial charge in [0.25, 0.3) is 21.6 Å². The summed E-state index contributed by atoms with van der Waals surface area (Å²) in [5.74, 6) is -0.240. The second-order valence-corrected chi connectivity index (χ2v) is 10.4. The zero-order chi connectivity index (χ0) is 26.5. The number of amides is 1. The Balaban J connectivity index is 1.89. The monoisotopic (exact) mass is 574 g/mol. The molecule has 0 saturated heterocycles. The lowest BCUT2D eigenvalue weighted by Crippen LogP contribution is -2.39. The Labute approximate surface area is 216 Å². The smallest absolute Gasteiger partial charge is 0.270 e. The third-order valence-electron chi connectivity index (χ3n) is 5.14. The van der Waals surface area contributed by atoms with E-state index in [4.69, 9.17) is 4.74 Å². The molecule has 0 heterocycles. The van der Waals surface area contributed by atoms with E-state index < -0.39 is 27.4 Å². The van der Waals surface area contributed by atoms with Gasteiger partial charge in [-0.2, -0.15) is 5.10 Å². The number of hydrogen-bond acceptors (Lipinski definition) is 7. The Morgan fingerprint density at radius 1 is 1.14 bits per heavy atom. The van der Waals surface area contributed by atoms with Crippen LogP contribution in [0.15, 0.2) is 81.2 Å². The molecule has 0 atom stereocenters. The lowest BCUT2D eigenvalue weighted by molar-refractivity contribution is -0.384. The summed E-state index contributed by atoms with van der Waals surface area (Å²) in [4.78, 5) is 23.2. The topological polar surface area (TPSA) is 131 Å². The minimum atomic E-state index is -4.15. The van der Waals surface area contributed by atoms with Crippen molar-refractivity contribution in [1.29, 1.82) is 0 Å². The fourth-order valence-corrected chi connectivity index (χ4v) is 5.32. The quantitative estimate of drug-likeness (QED) is 0.229. The highest BCUT2D eigenvalue weighted by Crippen LogP contribution is 2.30. The van der Waals surface area contributed by atoms with Gasteiger partial charge in [0.2, 0.25) is 0 Å². The summed E-state index contributed by atoms with van der Waals surface area (Å²) in [5, 5.41) is 15.0. The first kappa shape index (κ1) is 26.8. The molecule has 3 rings (SSSR count). The van der Waals surface area contributed by atoms with Gasteiger partial charge in [-0.25, -0.2) is 13.8 Å². The fraction of sp³-hybridized carbons (Fsp3) is 0.167. The molecule has 0 unspecified atom stereocenters. The van der Waals surface area contributed by atoms with Gasteiger partial charge in [-0.15, -0.1) is 0 Å². The van der Waals surface area contributed by atoms with Crippen LogP contribution >= 0.6 is 15.9 Å². The molecule has 0 bridgehead atoms. The first-order valence-corrected chi connectivity index (χ1v) is 12.8. The molecule has 0 fully saturated rings. The molecule has 3 aromatic carbocycles. The maximum Gasteiger partial charge on any atom is 0.270 e. The number of hydrogen-bond donors (Lipinski definition) is 1. The summed E-state index contributed by atoms with van der Waals surface area (Å²) < 4.78 is 33.7. The molecule has 0 aliphatic carbocycles. The highest BCUT2D eigenvalue weighted by molar-refractivity contribution is 9.10. The van der Waals surface area contributed by atoms with Crippen LogP contribution in [0.3, 0.4) is 0 Å². The number of carbonyl (C=O) groups is 1. The first-order valence-electron chi connectivity index (χ1n) is 10.5. The van der Waals surface area contributed by atoms with E-state index in [1.165, 1.54) is 43.5 Å². The van der Waals surface area contributed by atoms with Crippen LogP contribution in [0.1, 0.15) is 18.1 Å². The van der Waals surface area contributed by atoms with Gasteiger partial charge < -0.3 is 4.74 Å². The van der Waals surface area contributed by atoms with Crippen molar-refractivity contribution in [2.75, 3.05) is 18.0 Å². The molecule has 188 valence electrons. The van der Waals surface area contributed by atoms with E-state index in [0.717, 1.165) is 9.87 Å². The molecule has 0 radical (unpaired) electrons. The number of nitro groups is 1. The number of halogens is 1. The van der Waals surface area contributed by atoms with Crippen LogP contribution in [0, 0.1) is 17.0 Å². The Hall–Kier alpha value is -3.77. The molecule has 12 heteroatoms. The maximum atomic E-state index is 13.6. The molecular weight excluding hydrogens is 552 g/mol. The number of non-ortho nitro benzene ring substituents is 1. The summed E-state index contributed by atoms with van der Waals surface area (Å²) in [6.45, 7) is 2.88. The second-order valence-electron chi connectivity index (χ2n) is 7.68. The summed E-state index contributed by atoms with van der Waals surface area (Å²) in [6, 6.07) is 16.8. The zero-order valence-electron chi connectivity index (χ0n) is 19.6. The number of ether oxygens (including phenoxy) is 1. The van der Waals surface area contributed by atoms with E-state index in [-0.39, 0.29) is 10.6 Å². The Morgan fingerprint density at radius 3 is 2.44 bits per heavy atom. The summed E-state index contributed by atoms with van der Waals surface area (Å²) in [7, 11) is -2.69. The van der Waals surface area contributed by atoms with Crippen LogP contribution in [-0.2, 0) is 14.8 Å². The first-order chi connectivity index (χ1) is 17.0. The van der Waals surface area contributed by atoms with Crippen molar-refractivity contribution in [3.8, 4) is 5.75 Å². The molecule has 36 heavy (non-hydrogen) atoms. The fourth-order valence-electron chi connectivity index (χ4n) is 3.18. The summed E-state index contributed by atoms with van der Waals surface area (Å²) in [5.41, 5.74) is 4.19. The number of nitrogens with zero attached hydrogens (tertiary/aromatic N) is 3. The molecule has 0 aromatic heterocycles. The van der Waals surface area contributed by atoms with Gasteiger partial charge in [-0.3, -0.25) is 19.2 Å². The molecule has 1 amide bonds. The van der Waals surface area contributed by atoms with Crippen LogP contribution < -0.4 is 14.5 Å². The normalized spacial score (nSPS) is 11.6. The van der Waals surface area contributed by atoms with Crippen molar-refractivity contribution >= 4 is 48.9 Å². The predicted molar refractivity (Wildman–Crippen MR) is 140 cm³/mol. The Kier molecular flexibility index (Phi) is 8.43. The Morgan fingerprint density at radius 2 is 1.83 bits per heavy atom. The van der Waals surface area contributed by atoms with E-state index in [1.54, 1.807) is 37.3 Å². The molecule has 3 aromatic rings. The van der Waals surface area contributed by atoms with Gasteiger partial charge in [-0.1, -0.05) is 29.8 Å². The largest absolute Gasteiger partial charge is 0.496 e. The number of sulfonamides is 1. The molecule has 10 nitrogen and oxygen atoms in total. The molecule has 1 N–H and O–H groups in total. The average Bonchev–Trinajstić information content (AvgIpc) is 2.86. The van der Waals surface area contributed by atoms with Crippen LogP contribution in [0.25, 0.3) is 0 Å². The molecular formula is C24H23BrN4O6S. The van der Waals surface area contributed by atoms with Crippen LogP contribution in [0.4, 0.5) is 11.4 Å². The maximum absolute atomic E-state index is 13.6. The Bertz CT molecular complexity index is 1420. The minimum absolute atomic E-state index is 0.0418. The van der Waals surface area contributed by atoms with E-state index in [0.29, 0.717) is 27.2 Å². The van der Waals surface area contributed by atoms with Crippen molar-refractivity contribution in [1.82, 2.24) is 5.43 Å². The standard InChI is InChI=1S/C24H23BrN4O6S/c1-16-7-9-19(10-8-16)28(36(33,34)21-11-12-23(35-3)22(25)14-21)15-24(30)27-26-17(2)18-5-4-6-20(13-18)29(31)32/h4-14H,15H2,1-3H3,(H,27,30)/b26-17-. The van der Waals surface area contributed by atoms with Gasteiger partial charge >= 0.3 is 0 Å². The summed E-state index contributed by atoms with van der Waals surface area (Å²) >= 11 is 3.30. The minimum Gasteiger partial charge on any atom is -0.496 e. The van der Waals surface area contributed by atoms with Crippen molar-refractivity contribution in [3.63, 3.8) is 0 Å². The van der Waals surface area contributed by atoms with Crippen LogP contribution in [0.5, 0.6) is 5.75 Å². The highest BCUT2D eigenvalue weighted by Gasteiger charge is 2.28.